The first-order chi connectivity index (χ1) is 15.7. The van der Waals surface area contributed by atoms with Gasteiger partial charge in [-0.1, -0.05) is 30.3 Å². The van der Waals surface area contributed by atoms with Crippen molar-refractivity contribution < 1.29 is 13.7 Å². The molecule has 1 fully saturated rings. The Kier molecular flexibility index (Phi) is 6.31. The average molecular weight is 447 g/mol. The second-order valence-corrected chi connectivity index (χ2v) is 10.6. The fourth-order valence-corrected chi connectivity index (χ4v) is 6.13. The molecule has 0 spiro atoms. The zero-order valence-electron chi connectivity index (χ0n) is 18.6. The molecule has 1 aliphatic carbocycles. The van der Waals surface area contributed by atoms with E-state index < -0.39 is 10.8 Å². The van der Waals surface area contributed by atoms with E-state index in [2.05, 4.69) is 37.3 Å². The van der Waals surface area contributed by atoms with Gasteiger partial charge in [0.05, 0.1) is 0 Å². The number of hydrogen-bond acceptors (Lipinski definition) is 3. The molecular formula is C28H30O3S. The molecular weight excluding hydrogens is 416 g/mol. The van der Waals surface area contributed by atoms with Crippen molar-refractivity contribution in [2.45, 2.75) is 51.7 Å². The highest BCUT2D eigenvalue weighted by Crippen LogP contribution is 2.38. The van der Waals surface area contributed by atoms with Crippen LogP contribution in [0.3, 0.4) is 0 Å². The first-order valence-corrected chi connectivity index (χ1v) is 13.1. The van der Waals surface area contributed by atoms with Crippen LogP contribution in [0.1, 0.15) is 41.5 Å². The second-order valence-electron chi connectivity index (χ2n) is 8.89. The molecule has 32 heavy (non-hydrogen) atoms. The fraction of sp³-hybridized carbons (Fsp3) is 0.357. The van der Waals surface area contributed by atoms with Gasteiger partial charge in [-0.2, -0.15) is 0 Å². The van der Waals surface area contributed by atoms with E-state index in [4.69, 9.17) is 9.47 Å². The molecule has 4 heteroatoms. The quantitative estimate of drug-likeness (QED) is 0.481. The lowest BCUT2D eigenvalue weighted by molar-refractivity contribution is 0.191. The van der Waals surface area contributed by atoms with Crippen LogP contribution in [0.2, 0.25) is 0 Å². The topological polar surface area (TPSA) is 35.5 Å². The van der Waals surface area contributed by atoms with Crippen molar-refractivity contribution in [1.29, 1.82) is 0 Å². The molecule has 2 aliphatic rings. The van der Waals surface area contributed by atoms with Crippen LogP contribution in [-0.4, -0.2) is 21.8 Å². The second kappa shape index (κ2) is 9.50. The highest BCUT2D eigenvalue weighted by atomic mass is 32.2. The Labute approximate surface area is 193 Å². The fourth-order valence-electron chi connectivity index (χ4n) is 4.87. The molecule has 166 valence electrons. The summed E-state index contributed by atoms with van der Waals surface area (Å²) in [6, 6.07) is 21.2. The Hall–Kier alpha value is -2.59. The van der Waals surface area contributed by atoms with Gasteiger partial charge in [-0.15, -0.1) is 0 Å². The zero-order chi connectivity index (χ0) is 21.9. The third-order valence-electron chi connectivity index (χ3n) is 6.51. The van der Waals surface area contributed by atoms with Gasteiger partial charge in [0, 0.05) is 22.3 Å². The molecule has 0 aromatic heterocycles. The summed E-state index contributed by atoms with van der Waals surface area (Å²) in [5.41, 5.74) is 7.94. The number of ether oxygens (including phenoxy) is 2. The molecule has 1 saturated heterocycles. The van der Waals surface area contributed by atoms with Crippen LogP contribution in [0.5, 0.6) is 11.5 Å². The molecule has 3 aromatic carbocycles. The monoisotopic (exact) mass is 446 g/mol. The molecule has 3 nitrogen and oxygen atoms in total. The zero-order valence-corrected chi connectivity index (χ0v) is 19.5. The van der Waals surface area contributed by atoms with Gasteiger partial charge in [0.2, 0.25) is 0 Å². The summed E-state index contributed by atoms with van der Waals surface area (Å²) in [6.45, 7) is 2.76. The summed E-state index contributed by atoms with van der Waals surface area (Å²) in [5, 5.41) is 0. The SMILES string of the molecule is Cc1cc(OC2CCS(=O)CC2)cc2c1-c1cc(COc3ccccc3)ccc1CCC2. The minimum atomic E-state index is -0.659. The van der Waals surface area contributed by atoms with Crippen molar-refractivity contribution in [1.82, 2.24) is 0 Å². The minimum Gasteiger partial charge on any atom is -0.490 e. The summed E-state index contributed by atoms with van der Waals surface area (Å²) >= 11 is 0. The summed E-state index contributed by atoms with van der Waals surface area (Å²) in [7, 11) is -0.659. The molecule has 0 amide bonds. The minimum absolute atomic E-state index is 0.185. The van der Waals surface area contributed by atoms with Crippen molar-refractivity contribution in [3.63, 3.8) is 0 Å². The Morgan fingerprint density at radius 2 is 1.69 bits per heavy atom. The lowest BCUT2D eigenvalue weighted by Crippen LogP contribution is -2.27. The number of para-hydroxylation sites is 1. The van der Waals surface area contributed by atoms with Crippen LogP contribution in [0, 0.1) is 6.92 Å². The number of aryl methyl sites for hydroxylation is 3. The maximum atomic E-state index is 11.7. The molecule has 0 N–H and O–H groups in total. The van der Waals surface area contributed by atoms with Crippen LogP contribution >= 0.6 is 0 Å². The molecule has 0 atom stereocenters. The molecule has 0 saturated carbocycles. The van der Waals surface area contributed by atoms with Crippen LogP contribution < -0.4 is 9.47 Å². The van der Waals surface area contributed by atoms with Crippen molar-refractivity contribution >= 4 is 10.8 Å². The first-order valence-electron chi connectivity index (χ1n) is 11.6. The van der Waals surface area contributed by atoms with Gasteiger partial charge in [-0.3, -0.25) is 4.21 Å². The summed E-state index contributed by atoms with van der Waals surface area (Å²) in [4.78, 5) is 0. The van der Waals surface area contributed by atoms with Gasteiger partial charge in [0.1, 0.15) is 24.2 Å². The van der Waals surface area contributed by atoms with E-state index in [1.807, 2.05) is 30.3 Å². The van der Waals surface area contributed by atoms with Gasteiger partial charge in [0.15, 0.2) is 0 Å². The molecule has 0 radical (unpaired) electrons. The molecule has 3 aromatic rings. The third-order valence-corrected chi connectivity index (χ3v) is 7.90. The van der Waals surface area contributed by atoms with E-state index in [0.29, 0.717) is 6.61 Å². The Morgan fingerprint density at radius 1 is 0.906 bits per heavy atom. The van der Waals surface area contributed by atoms with E-state index in [-0.39, 0.29) is 6.10 Å². The Bertz CT molecular complexity index is 1110. The van der Waals surface area contributed by atoms with Crippen molar-refractivity contribution in [3.8, 4) is 22.6 Å². The summed E-state index contributed by atoms with van der Waals surface area (Å²) < 4.78 is 24.0. The number of fused-ring (bicyclic) bond motifs is 3. The van der Waals surface area contributed by atoms with Crippen molar-refractivity contribution in [3.05, 3.63) is 82.9 Å². The Morgan fingerprint density at radius 3 is 2.50 bits per heavy atom. The summed E-state index contributed by atoms with van der Waals surface area (Å²) in [6.07, 6.45) is 5.25. The largest absolute Gasteiger partial charge is 0.490 e. The molecule has 5 rings (SSSR count). The van der Waals surface area contributed by atoms with Crippen LogP contribution in [0.15, 0.2) is 60.7 Å². The van der Waals surface area contributed by atoms with Crippen LogP contribution in [0.4, 0.5) is 0 Å². The first kappa shape index (κ1) is 21.3. The van der Waals surface area contributed by atoms with Crippen molar-refractivity contribution in [2.75, 3.05) is 11.5 Å². The molecule has 0 unspecified atom stereocenters. The number of benzene rings is 3. The van der Waals surface area contributed by atoms with E-state index in [1.165, 1.54) is 33.4 Å². The van der Waals surface area contributed by atoms with E-state index in [1.54, 1.807) is 0 Å². The van der Waals surface area contributed by atoms with Gasteiger partial charge < -0.3 is 9.47 Å². The number of rotatable bonds is 5. The predicted molar refractivity (Wildman–Crippen MR) is 131 cm³/mol. The maximum Gasteiger partial charge on any atom is 0.120 e. The van der Waals surface area contributed by atoms with E-state index >= 15 is 0 Å². The molecule has 1 heterocycles. The number of hydrogen-bond donors (Lipinski definition) is 0. The van der Waals surface area contributed by atoms with Gasteiger partial charge in [-0.05, 0) is 103 Å². The van der Waals surface area contributed by atoms with E-state index in [9.17, 15) is 4.21 Å². The Balaban J connectivity index is 1.41. The normalized spacial score (nSPS) is 20.0. The van der Waals surface area contributed by atoms with Crippen LogP contribution in [-0.2, 0) is 30.2 Å². The smallest absolute Gasteiger partial charge is 0.120 e. The lowest BCUT2D eigenvalue weighted by atomic mass is 9.91. The third kappa shape index (κ3) is 4.75. The van der Waals surface area contributed by atoms with Crippen LogP contribution in [0.25, 0.3) is 11.1 Å². The predicted octanol–water partition coefficient (Wildman–Crippen LogP) is 6.02. The molecule has 0 bridgehead atoms. The molecule has 1 aliphatic heterocycles. The lowest BCUT2D eigenvalue weighted by Gasteiger charge is -2.24. The van der Waals surface area contributed by atoms with Gasteiger partial charge in [0.25, 0.3) is 0 Å². The van der Waals surface area contributed by atoms with Crippen molar-refractivity contribution in [2.24, 2.45) is 0 Å². The van der Waals surface area contributed by atoms with Gasteiger partial charge in [-0.25, -0.2) is 0 Å². The van der Waals surface area contributed by atoms with Gasteiger partial charge >= 0.3 is 0 Å². The highest BCUT2D eigenvalue weighted by Gasteiger charge is 2.22. The highest BCUT2D eigenvalue weighted by molar-refractivity contribution is 7.85. The standard InChI is InChI=1S/C28H30O3S/c1-20-16-26(31-25-12-14-32(29)15-13-25)18-23-7-5-6-22-11-10-21(17-27(22)28(20)23)19-30-24-8-3-2-4-9-24/h2-4,8-11,16-18,25H,5-7,12-15,19H2,1H3. The average Bonchev–Trinajstić information content (AvgIpc) is 2.99. The van der Waals surface area contributed by atoms with E-state index in [0.717, 1.165) is 55.1 Å². The summed E-state index contributed by atoms with van der Waals surface area (Å²) in [5.74, 6) is 3.38. The maximum absolute atomic E-state index is 11.7.